The van der Waals surface area contributed by atoms with Gasteiger partial charge in [-0.25, -0.2) is 17.9 Å². The highest BCUT2D eigenvalue weighted by Gasteiger charge is 2.10. The minimum Gasteiger partial charge on any atom is -0.489 e. The zero-order valence-electron chi connectivity index (χ0n) is 15.9. The van der Waals surface area contributed by atoms with Crippen molar-refractivity contribution in [3.05, 3.63) is 59.9 Å². The molecule has 2 rings (SSSR count). The lowest BCUT2D eigenvalue weighted by Gasteiger charge is -2.20. The van der Waals surface area contributed by atoms with E-state index in [0.717, 1.165) is 12.0 Å². The van der Waals surface area contributed by atoms with Crippen molar-refractivity contribution in [2.75, 3.05) is 13.6 Å². The van der Waals surface area contributed by atoms with Crippen molar-refractivity contribution in [2.24, 2.45) is 10.1 Å². The Kier molecular flexibility index (Phi) is 7.77. The highest BCUT2D eigenvalue weighted by Crippen LogP contribution is 2.14. The Labute approximate surface area is 164 Å². The molecule has 1 atom stereocenters. The van der Waals surface area contributed by atoms with Gasteiger partial charge in [-0.1, -0.05) is 25.1 Å². The second kappa shape index (κ2) is 10.0. The first-order valence-electron chi connectivity index (χ1n) is 8.80. The van der Waals surface area contributed by atoms with Crippen molar-refractivity contribution in [2.45, 2.75) is 30.9 Å². The zero-order chi connectivity index (χ0) is 20.6. The molecule has 0 aliphatic carbocycles. The van der Waals surface area contributed by atoms with Crippen LogP contribution in [0.5, 0.6) is 5.75 Å². The molecule has 0 aliphatic rings. The van der Waals surface area contributed by atoms with Gasteiger partial charge in [0.2, 0.25) is 10.0 Å². The lowest BCUT2D eigenvalue weighted by atomic mass is 10.2. The van der Waals surface area contributed by atoms with Crippen LogP contribution in [0.2, 0.25) is 0 Å². The maximum atomic E-state index is 13.3. The molecule has 2 aromatic rings. The lowest BCUT2D eigenvalue weighted by Crippen LogP contribution is -2.42. The lowest BCUT2D eigenvalue weighted by molar-refractivity contribution is 0.199. The molecule has 0 saturated heterocycles. The first-order chi connectivity index (χ1) is 13.3. The van der Waals surface area contributed by atoms with E-state index in [4.69, 9.17) is 9.88 Å². The van der Waals surface area contributed by atoms with Gasteiger partial charge in [0.25, 0.3) is 0 Å². The van der Waals surface area contributed by atoms with Crippen LogP contribution in [0.25, 0.3) is 0 Å². The van der Waals surface area contributed by atoms with Crippen molar-refractivity contribution in [1.29, 1.82) is 0 Å². The summed E-state index contributed by atoms with van der Waals surface area (Å²) in [6.45, 7) is 2.91. The van der Waals surface area contributed by atoms with Crippen LogP contribution in [0, 0.1) is 5.82 Å². The molecule has 0 bridgehead atoms. The Balaban J connectivity index is 1.86. The van der Waals surface area contributed by atoms with E-state index in [1.165, 1.54) is 24.3 Å². The van der Waals surface area contributed by atoms with Crippen LogP contribution < -0.4 is 20.5 Å². The molecule has 2 aromatic carbocycles. The summed E-state index contributed by atoms with van der Waals surface area (Å²) in [5.74, 6) is 0.703. The van der Waals surface area contributed by atoms with Crippen molar-refractivity contribution >= 4 is 16.0 Å². The van der Waals surface area contributed by atoms with E-state index in [1.807, 2.05) is 6.92 Å². The summed E-state index contributed by atoms with van der Waals surface area (Å²) in [5, 5.41) is 11.4. The number of hydrogen-bond donors (Lipinski definition) is 3. The van der Waals surface area contributed by atoms with Gasteiger partial charge in [0.15, 0.2) is 5.96 Å². The van der Waals surface area contributed by atoms with Crippen LogP contribution >= 0.6 is 0 Å². The maximum Gasteiger partial charge on any atom is 0.238 e. The number of sulfonamides is 1. The van der Waals surface area contributed by atoms with E-state index in [9.17, 15) is 12.8 Å². The van der Waals surface area contributed by atoms with Gasteiger partial charge < -0.3 is 15.4 Å². The molecule has 0 saturated carbocycles. The standard InChI is InChI=1S/C19H25FN4O3S/c1-3-16(27-17-6-4-5-15(20)11-17)13-24-19(22-2)23-12-14-7-9-18(10-8-14)28(21,25)26/h4-11,16H,3,12-13H2,1-2H3,(H2,21,25,26)(H2,22,23,24). The molecule has 0 aromatic heterocycles. The van der Waals surface area contributed by atoms with Crippen LogP contribution in [-0.2, 0) is 16.6 Å². The van der Waals surface area contributed by atoms with Crippen LogP contribution in [0.1, 0.15) is 18.9 Å². The first kappa shape index (κ1) is 21.6. The number of primary sulfonamides is 1. The Morgan fingerprint density at radius 3 is 2.50 bits per heavy atom. The number of benzene rings is 2. The molecule has 7 nitrogen and oxygen atoms in total. The Bertz CT molecular complexity index is 902. The maximum absolute atomic E-state index is 13.3. The average Bonchev–Trinajstić information content (AvgIpc) is 2.66. The summed E-state index contributed by atoms with van der Waals surface area (Å²) in [6.07, 6.45) is 0.574. The third-order valence-electron chi connectivity index (χ3n) is 3.99. The smallest absolute Gasteiger partial charge is 0.238 e. The van der Waals surface area contributed by atoms with Gasteiger partial charge in [-0.15, -0.1) is 0 Å². The fraction of sp³-hybridized carbons (Fsp3) is 0.316. The second-order valence-electron chi connectivity index (χ2n) is 6.10. The van der Waals surface area contributed by atoms with Crippen LogP contribution in [0.15, 0.2) is 58.4 Å². The van der Waals surface area contributed by atoms with Crippen molar-refractivity contribution in [3.63, 3.8) is 0 Å². The molecule has 152 valence electrons. The average molecular weight is 408 g/mol. The van der Waals surface area contributed by atoms with Crippen LogP contribution in [0.4, 0.5) is 4.39 Å². The number of aliphatic imine (C=N–C) groups is 1. The molecule has 0 spiro atoms. The minimum absolute atomic E-state index is 0.0686. The normalized spacial score (nSPS) is 13.1. The molecule has 0 heterocycles. The van der Waals surface area contributed by atoms with Gasteiger partial charge in [-0.2, -0.15) is 0 Å². The van der Waals surface area contributed by atoms with E-state index < -0.39 is 10.0 Å². The number of halogens is 1. The molecule has 28 heavy (non-hydrogen) atoms. The molecular formula is C19H25FN4O3S. The van der Waals surface area contributed by atoms with Gasteiger partial charge in [0.1, 0.15) is 17.7 Å². The number of nitrogens with one attached hydrogen (secondary N) is 2. The Morgan fingerprint density at radius 2 is 1.93 bits per heavy atom. The number of ether oxygens (including phenoxy) is 1. The van der Waals surface area contributed by atoms with Crippen molar-refractivity contribution < 1.29 is 17.5 Å². The highest BCUT2D eigenvalue weighted by molar-refractivity contribution is 7.89. The van der Waals surface area contributed by atoms with E-state index >= 15 is 0 Å². The predicted molar refractivity (Wildman–Crippen MR) is 107 cm³/mol. The molecule has 0 amide bonds. The Morgan fingerprint density at radius 1 is 1.21 bits per heavy atom. The zero-order valence-corrected chi connectivity index (χ0v) is 16.7. The number of hydrogen-bond acceptors (Lipinski definition) is 4. The van der Waals surface area contributed by atoms with Gasteiger partial charge >= 0.3 is 0 Å². The van der Waals surface area contributed by atoms with Crippen LogP contribution in [-0.4, -0.2) is 34.1 Å². The van der Waals surface area contributed by atoms with Gasteiger partial charge in [0, 0.05) is 19.7 Å². The van der Waals surface area contributed by atoms with E-state index in [1.54, 1.807) is 31.3 Å². The summed E-state index contributed by atoms with van der Waals surface area (Å²) in [5.41, 5.74) is 0.874. The molecule has 0 aliphatic heterocycles. The number of nitrogens with zero attached hydrogens (tertiary/aromatic N) is 1. The van der Waals surface area contributed by atoms with Gasteiger partial charge in [-0.05, 0) is 36.2 Å². The van der Waals surface area contributed by atoms with E-state index in [0.29, 0.717) is 24.8 Å². The summed E-state index contributed by atoms with van der Waals surface area (Å²) < 4.78 is 41.6. The largest absolute Gasteiger partial charge is 0.489 e. The second-order valence-corrected chi connectivity index (χ2v) is 7.66. The number of nitrogens with two attached hydrogens (primary N) is 1. The Hall–Kier alpha value is -2.65. The topological polar surface area (TPSA) is 106 Å². The quantitative estimate of drug-likeness (QED) is 0.458. The SMILES string of the molecule is CCC(CNC(=NC)NCc1ccc(S(N)(=O)=O)cc1)Oc1cccc(F)c1. The minimum atomic E-state index is -3.70. The van der Waals surface area contributed by atoms with Gasteiger partial charge in [-0.3, -0.25) is 4.99 Å². The summed E-state index contributed by atoms with van der Waals surface area (Å²) in [4.78, 5) is 4.22. The summed E-state index contributed by atoms with van der Waals surface area (Å²) in [7, 11) is -2.05. The summed E-state index contributed by atoms with van der Waals surface area (Å²) >= 11 is 0. The molecule has 0 fully saturated rings. The van der Waals surface area contributed by atoms with E-state index in [2.05, 4.69) is 15.6 Å². The number of rotatable bonds is 8. The molecule has 1 unspecified atom stereocenters. The molecular weight excluding hydrogens is 383 g/mol. The van der Waals surface area contributed by atoms with Crippen molar-refractivity contribution in [3.8, 4) is 5.75 Å². The predicted octanol–water partition coefficient (Wildman–Crippen LogP) is 2.00. The highest BCUT2D eigenvalue weighted by atomic mass is 32.2. The molecule has 9 heteroatoms. The van der Waals surface area contributed by atoms with Crippen molar-refractivity contribution in [1.82, 2.24) is 10.6 Å². The fourth-order valence-electron chi connectivity index (χ4n) is 2.42. The monoisotopic (exact) mass is 408 g/mol. The van der Waals surface area contributed by atoms with Crippen LogP contribution in [0.3, 0.4) is 0 Å². The van der Waals surface area contributed by atoms with E-state index in [-0.39, 0.29) is 16.8 Å². The third-order valence-corrected chi connectivity index (χ3v) is 4.92. The fourth-order valence-corrected chi connectivity index (χ4v) is 2.93. The summed E-state index contributed by atoms with van der Waals surface area (Å²) in [6, 6.07) is 12.3. The molecule has 0 radical (unpaired) electrons. The first-order valence-corrected chi connectivity index (χ1v) is 10.3. The van der Waals surface area contributed by atoms with Gasteiger partial charge in [0.05, 0.1) is 11.4 Å². The number of guanidine groups is 1. The molecule has 4 N–H and O–H groups in total. The third kappa shape index (κ3) is 6.82.